The maximum Gasteiger partial charge on any atom is 0.516 e. The molecule has 1 aliphatic rings. The molecule has 38 heavy (non-hydrogen) atoms. The predicted octanol–water partition coefficient (Wildman–Crippen LogP) is 6.89. The molecule has 0 aromatic heterocycles. The predicted molar refractivity (Wildman–Crippen MR) is 142 cm³/mol. The topological polar surface area (TPSA) is 83.6 Å². The Hall–Kier alpha value is -2.30. The number of nitrogens with one attached hydrogen (secondary N) is 1. The van der Waals surface area contributed by atoms with E-state index in [1.807, 2.05) is 56.3 Å². The van der Waals surface area contributed by atoms with E-state index in [1.54, 1.807) is 17.0 Å². The van der Waals surface area contributed by atoms with Gasteiger partial charge in [0.1, 0.15) is 0 Å². The Bertz CT molecular complexity index is 1190. The third kappa shape index (κ3) is 8.10. The zero-order chi connectivity index (χ0) is 28.7. The van der Waals surface area contributed by atoms with Crippen LogP contribution in [0.4, 0.5) is 13.2 Å². The van der Waals surface area contributed by atoms with Crippen molar-refractivity contribution in [2.75, 3.05) is 0 Å². The van der Waals surface area contributed by atoms with E-state index in [4.69, 9.17) is 23.2 Å². The minimum atomic E-state index is -5.83. The van der Waals surface area contributed by atoms with Gasteiger partial charge in [0.2, 0.25) is 11.8 Å². The van der Waals surface area contributed by atoms with Crippen LogP contribution in [0.15, 0.2) is 54.6 Å². The largest absolute Gasteiger partial charge is 0.516 e. The molecule has 210 valence electrons. The van der Waals surface area contributed by atoms with Crippen molar-refractivity contribution in [1.82, 2.24) is 9.62 Å². The fraction of sp³-hybridized carbons (Fsp3) is 0.462. The molecule has 0 aliphatic carbocycles. The number of hydrogen-bond acceptors (Lipinski definition) is 4. The number of hydrogen-bond donors (Lipinski definition) is 1. The van der Waals surface area contributed by atoms with Crippen molar-refractivity contribution >= 4 is 45.0 Å². The number of alkyl halides is 3. The van der Waals surface area contributed by atoms with Crippen LogP contribution < -0.4 is 4.72 Å². The lowest BCUT2D eigenvalue weighted by molar-refractivity contribution is -0.155. The number of sulfonamides is 1. The van der Waals surface area contributed by atoms with E-state index < -0.39 is 33.3 Å². The number of carbonyl (C=O) groups excluding carboxylic acids is 2. The SMILES string of the molecule is CCC(CC)N1C(=O)[C@@](C)(CC(=O)NS(=O)(=O)C(F)(F)F)CCC1c1ccc(Cl)cc1.Clc1ccccc1. The highest BCUT2D eigenvalue weighted by Gasteiger charge is 2.50. The second-order valence-electron chi connectivity index (χ2n) is 9.30. The first kappa shape index (κ1) is 31.9. The van der Waals surface area contributed by atoms with Gasteiger partial charge in [-0.15, -0.1) is 0 Å². The molecule has 2 amide bonds. The number of rotatable bonds is 7. The average molecular weight is 596 g/mol. The van der Waals surface area contributed by atoms with E-state index in [2.05, 4.69) is 0 Å². The van der Waals surface area contributed by atoms with Crippen LogP contribution in [0.1, 0.15) is 64.5 Å². The fourth-order valence-electron chi connectivity index (χ4n) is 4.45. The zero-order valence-corrected chi connectivity index (χ0v) is 23.6. The Kier molecular flexibility index (Phi) is 11.1. The summed E-state index contributed by atoms with van der Waals surface area (Å²) < 4.78 is 61.3. The highest BCUT2D eigenvalue weighted by molar-refractivity contribution is 7.90. The van der Waals surface area contributed by atoms with Gasteiger partial charge in [0.05, 0.1) is 11.5 Å². The molecule has 12 heteroatoms. The summed E-state index contributed by atoms with van der Waals surface area (Å²) in [6, 6.07) is 16.1. The van der Waals surface area contributed by atoms with Crippen molar-refractivity contribution in [3.8, 4) is 0 Å². The molecule has 1 unspecified atom stereocenters. The first-order valence-electron chi connectivity index (χ1n) is 12.1. The lowest BCUT2D eigenvalue weighted by Gasteiger charge is -2.48. The summed E-state index contributed by atoms with van der Waals surface area (Å²) in [7, 11) is -5.83. The maximum absolute atomic E-state index is 13.5. The normalized spacial score (nSPS) is 20.1. The molecular formula is C26H31Cl2F3N2O4S. The Balaban J connectivity index is 0.000000624. The first-order valence-corrected chi connectivity index (χ1v) is 14.3. The number of amides is 2. The van der Waals surface area contributed by atoms with Crippen LogP contribution >= 0.6 is 23.2 Å². The first-order chi connectivity index (χ1) is 17.6. The lowest BCUT2D eigenvalue weighted by atomic mass is 9.74. The van der Waals surface area contributed by atoms with Gasteiger partial charge in [-0.25, -0.2) is 4.72 Å². The summed E-state index contributed by atoms with van der Waals surface area (Å²) in [5, 5.41) is 1.34. The molecule has 2 atom stereocenters. The van der Waals surface area contributed by atoms with E-state index in [1.165, 1.54) is 6.92 Å². The van der Waals surface area contributed by atoms with Crippen molar-refractivity contribution in [3.63, 3.8) is 0 Å². The molecule has 2 aromatic carbocycles. The summed E-state index contributed by atoms with van der Waals surface area (Å²) in [5.41, 5.74) is -6.06. The Morgan fingerprint density at radius 1 is 1.05 bits per heavy atom. The van der Waals surface area contributed by atoms with Crippen LogP contribution in [-0.2, 0) is 19.6 Å². The second kappa shape index (κ2) is 13.2. The summed E-state index contributed by atoms with van der Waals surface area (Å²) in [5.74, 6) is -1.74. The van der Waals surface area contributed by atoms with Gasteiger partial charge in [0.15, 0.2) is 0 Å². The van der Waals surface area contributed by atoms with Gasteiger partial charge in [-0.05, 0) is 55.5 Å². The van der Waals surface area contributed by atoms with Crippen LogP contribution in [0.25, 0.3) is 0 Å². The van der Waals surface area contributed by atoms with Gasteiger partial charge in [0, 0.05) is 22.5 Å². The van der Waals surface area contributed by atoms with Crippen LogP contribution in [0.3, 0.4) is 0 Å². The monoisotopic (exact) mass is 594 g/mol. The van der Waals surface area contributed by atoms with Gasteiger partial charge >= 0.3 is 15.5 Å². The van der Waals surface area contributed by atoms with Crippen molar-refractivity contribution in [1.29, 1.82) is 0 Å². The molecule has 0 bridgehead atoms. The summed E-state index contributed by atoms with van der Waals surface area (Å²) in [4.78, 5) is 27.3. The summed E-state index contributed by atoms with van der Waals surface area (Å²) in [6.07, 6.45) is 1.33. The smallest absolute Gasteiger partial charge is 0.332 e. The van der Waals surface area contributed by atoms with Gasteiger partial charge < -0.3 is 4.90 Å². The highest BCUT2D eigenvalue weighted by Crippen LogP contribution is 2.44. The highest BCUT2D eigenvalue weighted by atomic mass is 35.5. The van der Waals surface area contributed by atoms with E-state index >= 15 is 0 Å². The zero-order valence-electron chi connectivity index (χ0n) is 21.3. The van der Waals surface area contributed by atoms with Crippen LogP contribution in [0.2, 0.25) is 10.0 Å². The molecular weight excluding hydrogens is 564 g/mol. The van der Waals surface area contributed by atoms with Crippen LogP contribution in [0, 0.1) is 5.41 Å². The number of halogens is 5. The third-order valence-corrected chi connectivity index (χ3v) is 8.09. The second-order valence-corrected chi connectivity index (χ2v) is 11.8. The molecule has 1 saturated heterocycles. The van der Waals surface area contributed by atoms with Gasteiger partial charge in [-0.2, -0.15) is 21.6 Å². The minimum Gasteiger partial charge on any atom is -0.332 e. The molecule has 0 saturated carbocycles. The molecule has 0 radical (unpaired) electrons. The molecule has 6 nitrogen and oxygen atoms in total. The van der Waals surface area contributed by atoms with Crippen LogP contribution in [0.5, 0.6) is 0 Å². The average Bonchev–Trinajstić information content (AvgIpc) is 2.83. The number of benzene rings is 2. The van der Waals surface area contributed by atoms with Crippen molar-refractivity contribution in [3.05, 3.63) is 70.2 Å². The molecule has 0 spiro atoms. The number of nitrogens with zero attached hydrogens (tertiary/aromatic N) is 1. The number of likely N-dealkylation sites (tertiary alicyclic amines) is 1. The number of piperidine rings is 1. The fourth-order valence-corrected chi connectivity index (χ4v) is 5.21. The van der Waals surface area contributed by atoms with E-state index in [0.717, 1.165) is 15.3 Å². The molecule has 2 aromatic rings. The molecule has 1 fully saturated rings. The molecule has 3 rings (SSSR count). The quantitative estimate of drug-likeness (QED) is 0.378. The van der Waals surface area contributed by atoms with Crippen molar-refractivity contribution in [2.45, 2.75) is 70.5 Å². The third-order valence-electron chi connectivity index (χ3n) is 6.48. The van der Waals surface area contributed by atoms with Gasteiger partial charge in [-0.1, -0.05) is 74.3 Å². The number of carbonyl (C=O) groups is 2. The Labute approximate surface area is 231 Å². The van der Waals surface area contributed by atoms with E-state index in [0.29, 0.717) is 24.3 Å². The summed E-state index contributed by atoms with van der Waals surface area (Å²) in [6.45, 7) is 5.34. The van der Waals surface area contributed by atoms with Crippen molar-refractivity contribution < 1.29 is 31.2 Å². The Morgan fingerprint density at radius 2 is 1.58 bits per heavy atom. The van der Waals surface area contributed by atoms with Crippen LogP contribution in [-0.4, -0.2) is 36.7 Å². The van der Waals surface area contributed by atoms with E-state index in [-0.39, 0.29) is 24.4 Å². The maximum atomic E-state index is 13.5. The minimum absolute atomic E-state index is 0.144. The molecule has 1 heterocycles. The molecule has 1 N–H and O–H groups in total. The lowest BCUT2D eigenvalue weighted by Crippen LogP contribution is -2.54. The van der Waals surface area contributed by atoms with Gasteiger partial charge in [0.25, 0.3) is 0 Å². The Morgan fingerprint density at radius 3 is 2.03 bits per heavy atom. The van der Waals surface area contributed by atoms with Crippen molar-refractivity contribution in [2.24, 2.45) is 5.41 Å². The van der Waals surface area contributed by atoms with Gasteiger partial charge in [-0.3, -0.25) is 9.59 Å². The van der Waals surface area contributed by atoms with E-state index in [9.17, 15) is 31.2 Å². The standard InChI is InChI=1S/C20H26ClF3N2O4S.C6H5Cl/c1-4-15(5-2)26-16(13-6-8-14(21)9-7-13)10-11-19(3,18(26)28)12-17(27)25-31(29,30)20(22,23)24;7-6-4-2-1-3-5-6/h6-9,15-16H,4-5,10-12H2,1-3H3,(H,25,27);1-5H/t16?,19-;/m1./s1. The molecule has 1 aliphatic heterocycles. The summed E-state index contributed by atoms with van der Waals surface area (Å²) >= 11 is 11.5.